The van der Waals surface area contributed by atoms with Crippen LogP contribution < -0.4 is 0 Å². The van der Waals surface area contributed by atoms with Gasteiger partial charge in [-0.25, -0.2) is 4.79 Å². The number of nitrogens with zero attached hydrogens (tertiary/aromatic N) is 2. The maximum atomic E-state index is 11.3. The zero-order valence-electron chi connectivity index (χ0n) is 12.6. The van der Waals surface area contributed by atoms with Crippen LogP contribution in [0.5, 0.6) is 0 Å². The second-order valence-electron chi connectivity index (χ2n) is 5.49. The van der Waals surface area contributed by atoms with Crippen molar-refractivity contribution in [2.75, 3.05) is 0 Å². The topological polar surface area (TPSA) is 78.9 Å². The number of carboxylic acid groups (broad SMARTS) is 1. The van der Waals surface area contributed by atoms with Crippen molar-refractivity contribution in [3.8, 4) is 0 Å². The van der Waals surface area contributed by atoms with Crippen molar-refractivity contribution in [3.05, 3.63) is 71.5 Å². The molecule has 0 saturated carbocycles. The summed E-state index contributed by atoms with van der Waals surface area (Å²) in [5.41, 5.74) is 3.90. The van der Waals surface area contributed by atoms with E-state index >= 15 is 0 Å². The van der Waals surface area contributed by atoms with Crippen molar-refractivity contribution >= 4 is 39.9 Å². The van der Waals surface area contributed by atoms with Gasteiger partial charge in [-0.05, 0) is 41.5 Å². The molecule has 0 spiro atoms. The summed E-state index contributed by atoms with van der Waals surface area (Å²) in [5.74, 6) is -0.950. The summed E-state index contributed by atoms with van der Waals surface area (Å²) in [5, 5.41) is 17.9. The Bertz CT molecular complexity index is 1100. The van der Waals surface area contributed by atoms with Crippen LogP contribution in [0.25, 0.3) is 34.0 Å². The molecule has 0 bridgehead atoms. The first-order valence-electron chi connectivity index (χ1n) is 7.44. The fourth-order valence-electron chi connectivity index (χ4n) is 2.71. The molecular formula is C19H13N3O2. The molecular weight excluding hydrogens is 302 g/mol. The third kappa shape index (κ3) is 2.52. The van der Waals surface area contributed by atoms with Crippen LogP contribution in [-0.4, -0.2) is 26.3 Å². The third-order valence-corrected chi connectivity index (χ3v) is 3.93. The molecule has 24 heavy (non-hydrogen) atoms. The van der Waals surface area contributed by atoms with Gasteiger partial charge in [-0.15, -0.1) is 0 Å². The van der Waals surface area contributed by atoms with Crippen molar-refractivity contribution in [1.82, 2.24) is 15.2 Å². The van der Waals surface area contributed by atoms with E-state index in [4.69, 9.17) is 0 Å². The number of aromatic nitrogens is 3. The molecule has 4 rings (SSSR count). The number of hydrogen-bond acceptors (Lipinski definition) is 3. The van der Waals surface area contributed by atoms with Crippen LogP contribution in [0.1, 0.15) is 21.5 Å². The Morgan fingerprint density at radius 1 is 1.04 bits per heavy atom. The number of nitrogens with one attached hydrogen (secondary N) is 1. The van der Waals surface area contributed by atoms with E-state index < -0.39 is 5.97 Å². The molecule has 2 aromatic carbocycles. The number of benzene rings is 2. The van der Waals surface area contributed by atoms with Crippen molar-refractivity contribution in [2.24, 2.45) is 0 Å². The second-order valence-corrected chi connectivity index (χ2v) is 5.49. The number of carboxylic acids is 1. The maximum absolute atomic E-state index is 11.3. The molecule has 0 unspecified atom stereocenters. The van der Waals surface area contributed by atoms with Crippen LogP contribution in [0.15, 0.2) is 54.9 Å². The van der Waals surface area contributed by atoms with Gasteiger partial charge in [0.2, 0.25) is 0 Å². The molecule has 2 N–H and O–H groups in total. The fourth-order valence-corrected chi connectivity index (χ4v) is 2.71. The molecule has 0 amide bonds. The monoisotopic (exact) mass is 315 g/mol. The predicted molar refractivity (Wildman–Crippen MR) is 93.7 cm³/mol. The Labute approximate surface area is 137 Å². The SMILES string of the molecule is O=C(O)c1ccnc2ccc(C=Cc3ccc4[nH]ncc4c3)cc12. The normalized spacial score (nSPS) is 11.5. The lowest BCUT2D eigenvalue weighted by atomic mass is 10.0. The predicted octanol–water partition coefficient (Wildman–Crippen LogP) is 3.98. The number of carbonyl (C=O) groups is 1. The zero-order valence-corrected chi connectivity index (χ0v) is 12.6. The lowest BCUT2D eigenvalue weighted by Gasteiger charge is -2.03. The van der Waals surface area contributed by atoms with E-state index in [1.54, 1.807) is 6.20 Å². The van der Waals surface area contributed by atoms with E-state index in [1.807, 2.05) is 48.6 Å². The van der Waals surface area contributed by atoms with Crippen molar-refractivity contribution in [3.63, 3.8) is 0 Å². The van der Waals surface area contributed by atoms with Crippen LogP contribution in [0.3, 0.4) is 0 Å². The summed E-state index contributed by atoms with van der Waals surface area (Å²) in [6.45, 7) is 0. The van der Waals surface area contributed by atoms with E-state index in [-0.39, 0.29) is 5.56 Å². The molecule has 5 nitrogen and oxygen atoms in total. The average Bonchev–Trinajstić information content (AvgIpc) is 3.06. The molecule has 2 aromatic heterocycles. The number of rotatable bonds is 3. The van der Waals surface area contributed by atoms with Crippen molar-refractivity contribution < 1.29 is 9.90 Å². The standard InChI is InChI=1S/C19H13N3O2/c23-19(24)15-7-8-20-18-6-4-13(10-16(15)18)2-1-12-3-5-17-14(9-12)11-21-22-17/h1-11H,(H,21,22)(H,23,24). The van der Waals surface area contributed by atoms with Gasteiger partial charge in [0, 0.05) is 17.0 Å². The number of aromatic amines is 1. The molecule has 0 radical (unpaired) electrons. The highest BCUT2D eigenvalue weighted by Crippen LogP contribution is 2.21. The molecule has 0 saturated heterocycles. The Morgan fingerprint density at radius 2 is 1.83 bits per heavy atom. The van der Waals surface area contributed by atoms with Gasteiger partial charge < -0.3 is 5.11 Å². The second kappa shape index (κ2) is 5.62. The van der Waals surface area contributed by atoms with Crippen molar-refractivity contribution in [2.45, 2.75) is 0 Å². The van der Waals surface area contributed by atoms with E-state index in [1.165, 1.54) is 12.3 Å². The molecule has 0 fully saturated rings. The van der Waals surface area contributed by atoms with E-state index in [2.05, 4.69) is 15.2 Å². The first kappa shape index (κ1) is 14.1. The highest BCUT2D eigenvalue weighted by atomic mass is 16.4. The smallest absolute Gasteiger partial charge is 0.336 e. The summed E-state index contributed by atoms with van der Waals surface area (Å²) in [6, 6.07) is 13.1. The first-order chi connectivity index (χ1) is 11.7. The van der Waals surface area contributed by atoms with E-state index in [0.717, 1.165) is 22.0 Å². The van der Waals surface area contributed by atoms with Crippen LogP contribution in [0.4, 0.5) is 0 Å². The van der Waals surface area contributed by atoms with Gasteiger partial charge in [-0.2, -0.15) is 5.10 Å². The maximum Gasteiger partial charge on any atom is 0.336 e. The number of H-pyrrole nitrogens is 1. The Balaban J connectivity index is 1.73. The van der Waals surface area contributed by atoms with Crippen LogP contribution >= 0.6 is 0 Å². The van der Waals surface area contributed by atoms with Crippen molar-refractivity contribution in [1.29, 1.82) is 0 Å². The fraction of sp³-hybridized carbons (Fsp3) is 0. The summed E-state index contributed by atoms with van der Waals surface area (Å²) >= 11 is 0. The van der Waals surface area contributed by atoms with Gasteiger partial charge in [-0.3, -0.25) is 10.1 Å². The van der Waals surface area contributed by atoms with Crippen LogP contribution in [0, 0.1) is 0 Å². The highest BCUT2D eigenvalue weighted by Gasteiger charge is 2.08. The van der Waals surface area contributed by atoms with Gasteiger partial charge in [0.25, 0.3) is 0 Å². The number of pyridine rings is 1. The van der Waals surface area contributed by atoms with Gasteiger partial charge in [0.05, 0.1) is 22.8 Å². The Hall–Kier alpha value is -3.47. The minimum Gasteiger partial charge on any atom is -0.478 e. The van der Waals surface area contributed by atoms with Crippen LogP contribution in [0.2, 0.25) is 0 Å². The van der Waals surface area contributed by atoms with E-state index in [9.17, 15) is 9.90 Å². The summed E-state index contributed by atoms with van der Waals surface area (Å²) in [7, 11) is 0. The highest BCUT2D eigenvalue weighted by molar-refractivity contribution is 6.03. The molecule has 5 heteroatoms. The summed E-state index contributed by atoms with van der Waals surface area (Å²) in [4.78, 5) is 15.6. The Kier molecular flexibility index (Phi) is 3.31. The third-order valence-electron chi connectivity index (χ3n) is 3.93. The minimum absolute atomic E-state index is 0.259. The lowest BCUT2D eigenvalue weighted by molar-refractivity contribution is 0.0699. The quantitative estimate of drug-likeness (QED) is 0.560. The number of aromatic carboxylic acids is 1. The van der Waals surface area contributed by atoms with Gasteiger partial charge in [-0.1, -0.05) is 24.3 Å². The molecule has 0 aliphatic heterocycles. The van der Waals surface area contributed by atoms with Crippen LogP contribution in [-0.2, 0) is 0 Å². The number of fused-ring (bicyclic) bond motifs is 2. The van der Waals surface area contributed by atoms with Gasteiger partial charge in [0.15, 0.2) is 0 Å². The lowest BCUT2D eigenvalue weighted by Crippen LogP contribution is -1.98. The molecule has 4 aromatic rings. The molecule has 2 heterocycles. The van der Waals surface area contributed by atoms with Gasteiger partial charge in [0.1, 0.15) is 0 Å². The first-order valence-corrected chi connectivity index (χ1v) is 7.44. The molecule has 0 atom stereocenters. The number of hydrogen-bond donors (Lipinski definition) is 2. The summed E-state index contributed by atoms with van der Waals surface area (Å²) in [6.07, 6.45) is 7.25. The molecule has 116 valence electrons. The summed E-state index contributed by atoms with van der Waals surface area (Å²) < 4.78 is 0. The zero-order chi connectivity index (χ0) is 16.5. The average molecular weight is 315 g/mol. The Morgan fingerprint density at radius 3 is 2.67 bits per heavy atom. The molecule has 0 aliphatic rings. The van der Waals surface area contributed by atoms with Gasteiger partial charge >= 0.3 is 5.97 Å². The minimum atomic E-state index is -0.950. The van der Waals surface area contributed by atoms with E-state index in [0.29, 0.717) is 10.9 Å². The largest absolute Gasteiger partial charge is 0.478 e. The molecule has 0 aliphatic carbocycles.